The van der Waals surface area contributed by atoms with Crippen LogP contribution in [0.4, 0.5) is 13.9 Å². The van der Waals surface area contributed by atoms with Crippen molar-refractivity contribution in [3.05, 3.63) is 77.8 Å². The van der Waals surface area contributed by atoms with Crippen LogP contribution in [-0.2, 0) is 17.0 Å². The molecule has 0 spiro atoms. The van der Waals surface area contributed by atoms with Gasteiger partial charge in [0.2, 0.25) is 11.0 Å². The summed E-state index contributed by atoms with van der Waals surface area (Å²) in [5, 5.41) is 11.1. The lowest BCUT2D eigenvalue weighted by atomic mass is 10.2. The third kappa shape index (κ3) is 5.96. The van der Waals surface area contributed by atoms with Crippen LogP contribution in [0.5, 0.6) is 0 Å². The summed E-state index contributed by atoms with van der Waals surface area (Å²) in [4.78, 5) is 16.4. The average molecular weight is 459 g/mol. The lowest BCUT2D eigenvalue weighted by Gasteiger charge is -1.99. The minimum absolute atomic E-state index is 0.168. The summed E-state index contributed by atoms with van der Waals surface area (Å²) in [5.41, 5.74) is 1.68. The number of rotatable bonds is 8. The number of amides is 1. The van der Waals surface area contributed by atoms with Crippen LogP contribution in [-0.4, -0.2) is 21.1 Å². The number of aromatic nitrogens is 3. The molecule has 1 N–H and O–H groups in total. The molecule has 0 saturated carbocycles. The molecular weight excluding hydrogens is 442 g/mol. The first-order valence-corrected chi connectivity index (χ1v) is 11.1. The molecule has 158 valence electrons. The van der Waals surface area contributed by atoms with Gasteiger partial charge >= 0.3 is 0 Å². The number of aryl methyl sites for hydroxylation is 1. The SMILES string of the molecule is O=C(CCc1ncc(-c2ccc(F)cc2)o1)Nc1nnc(SCc2ccc(F)cc2)s1. The molecule has 0 radical (unpaired) electrons. The highest BCUT2D eigenvalue weighted by molar-refractivity contribution is 8.00. The monoisotopic (exact) mass is 458 g/mol. The van der Waals surface area contributed by atoms with Gasteiger partial charge in [0.25, 0.3) is 0 Å². The second-order valence-corrected chi connectivity index (χ2v) is 8.66. The van der Waals surface area contributed by atoms with E-state index in [0.717, 1.165) is 5.56 Å². The molecule has 0 aliphatic heterocycles. The van der Waals surface area contributed by atoms with Crippen molar-refractivity contribution in [1.82, 2.24) is 15.2 Å². The molecule has 0 aliphatic rings. The fourth-order valence-corrected chi connectivity index (χ4v) is 4.34. The summed E-state index contributed by atoms with van der Waals surface area (Å²) in [5.74, 6) is 0.737. The van der Waals surface area contributed by atoms with Gasteiger partial charge in [-0.15, -0.1) is 10.2 Å². The van der Waals surface area contributed by atoms with Crippen molar-refractivity contribution >= 4 is 34.1 Å². The minimum atomic E-state index is -0.325. The number of nitrogens with zero attached hydrogens (tertiary/aromatic N) is 3. The van der Waals surface area contributed by atoms with Gasteiger partial charge in [-0.05, 0) is 42.0 Å². The summed E-state index contributed by atoms with van der Waals surface area (Å²) in [7, 11) is 0. The maximum atomic E-state index is 13.0. The second-order valence-electron chi connectivity index (χ2n) is 6.46. The van der Waals surface area contributed by atoms with Crippen molar-refractivity contribution in [2.45, 2.75) is 22.9 Å². The molecule has 2 aromatic heterocycles. The molecule has 0 fully saturated rings. The molecule has 31 heavy (non-hydrogen) atoms. The van der Waals surface area contributed by atoms with Crippen molar-refractivity contribution in [2.75, 3.05) is 5.32 Å². The Kier molecular flexibility index (Phi) is 6.68. The molecule has 2 aromatic carbocycles. The summed E-state index contributed by atoms with van der Waals surface area (Å²) in [6, 6.07) is 12.2. The predicted molar refractivity (Wildman–Crippen MR) is 115 cm³/mol. The minimum Gasteiger partial charge on any atom is -0.441 e. The largest absolute Gasteiger partial charge is 0.441 e. The number of thioether (sulfide) groups is 1. The molecule has 1 amide bonds. The smallest absolute Gasteiger partial charge is 0.226 e. The normalized spacial score (nSPS) is 10.9. The van der Waals surface area contributed by atoms with Crippen LogP contribution in [0.25, 0.3) is 11.3 Å². The maximum absolute atomic E-state index is 13.0. The summed E-state index contributed by atoms with van der Waals surface area (Å²) in [6.07, 6.45) is 2.04. The van der Waals surface area contributed by atoms with Gasteiger partial charge in [0, 0.05) is 24.2 Å². The Bertz CT molecular complexity index is 1160. The summed E-state index contributed by atoms with van der Waals surface area (Å²) >= 11 is 2.73. The Morgan fingerprint density at radius 2 is 1.74 bits per heavy atom. The van der Waals surface area contributed by atoms with E-state index in [-0.39, 0.29) is 24.0 Å². The summed E-state index contributed by atoms with van der Waals surface area (Å²) < 4.78 is 32.3. The topological polar surface area (TPSA) is 80.9 Å². The predicted octanol–water partition coefficient (Wildman–Crippen LogP) is 5.33. The van der Waals surface area contributed by atoms with E-state index in [4.69, 9.17) is 4.42 Å². The first-order chi connectivity index (χ1) is 15.0. The number of oxazole rings is 1. The van der Waals surface area contributed by atoms with E-state index in [1.165, 1.54) is 47.4 Å². The number of hydrogen-bond acceptors (Lipinski definition) is 7. The van der Waals surface area contributed by atoms with E-state index >= 15 is 0 Å². The zero-order valence-corrected chi connectivity index (χ0v) is 17.7. The Morgan fingerprint density at radius 3 is 2.48 bits per heavy atom. The first-order valence-electron chi connectivity index (χ1n) is 9.26. The van der Waals surface area contributed by atoms with Crippen molar-refractivity contribution in [2.24, 2.45) is 0 Å². The highest BCUT2D eigenvalue weighted by atomic mass is 32.2. The molecule has 2 heterocycles. The second kappa shape index (κ2) is 9.80. The van der Waals surface area contributed by atoms with Crippen LogP contribution in [0.3, 0.4) is 0 Å². The van der Waals surface area contributed by atoms with Crippen LogP contribution in [0.1, 0.15) is 17.9 Å². The Balaban J connectivity index is 1.25. The van der Waals surface area contributed by atoms with Gasteiger partial charge < -0.3 is 9.73 Å². The van der Waals surface area contributed by atoms with E-state index in [1.54, 1.807) is 30.5 Å². The fraction of sp³-hybridized carbons (Fsp3) is 0.143. The van der Waals surface area contributed by atoms with Crippen LogP contribution in [0, 0.1) is 11.6 Å². The first kappa shape index (κ1) is 21.1. The van der Waals surface area contributed by atoms with Crippen LogP contribution in [0.2, 0.25) is 0 Å². The van der Waals surface area contributed by atoms with Gasteiger partial charge in [0.05, 0.1) is 6.20 Å². The van der Waals surface area contributed by atoms with Crippen molar-refractivity contribution < 1.29 is 18.0 Å². The number of nitrogens with one attached hydrogen (secondary N) is 1. The zero-order valence-electron chi connectivity index (χ0n) is 16.0. The molecule has 6 nitrogen and oxygen atoms in total. The Labute approximate surface area is 184 Å². The molecule has 0 atom stereocenters. The van der Waals surface area contributed by atoms with Crippen LogP contribution >= 0.6 is 23.1 Å². The average Bonchev–Trinajstić information content (AvgIpc) is 3.42. The molecule has 0 unspecified atom stereocenters. The highest BCUT2D eigenvalue weighted by Gasteiger charge is 2.12. The number of benzene rings is 2. The number of halogens is 2. The number of anilines is 1. The molecule has 0 saturated heterocycles. The van der Waals surface area contributed by atoms with Gasteiger partial charge in [-0.3, -0.25) is 4.79 Å². The van der Waals surface area contributed by atoms with Gasteiger partial charge in [-0.1, -0.05) is 35.2 Å². The Morgan fingerprint density at radius 1 is 1.03 bits per heavy atom. The highest BCUT2D eigenvalue weighted by Crippen LogP contribution is 2.28. The van der Waals surface area contributed by atoms with E-state index in [0.29, 0.717) is 38.9 Å². The number of hydrogen-bond donors (Lipinski definition) is 1. The van der Waals surface area contributed by atoms with Gasteiger partial charge in [0.15, 0.2) is 16.0 Å². The van der Waals surface area contributed by atoms with Crippen LogP contribution < -0.4 is 5.32 Å². The molecule has 4 aromatic rings. The third-order valence-electron chi connectivity index (χ3n) is 4.18. The van der Waals surface area contributed by atoms with Crippen molar-refractivity contribution in [1.29, 1.82) is 0 Å². The number of carbonyl (C=O) groups excluding carboxylic acids is 1. The summed E-state index contributed by atoms with van der Waals surface area (Å²) in [6.45, 7) is 0. The van der Waals surface area contributed by atoms with Crippen LogP contribution in [0.15, 0.2) is 63.5 Å². The van der Waals surface area contributed by atoms with Gasteiger partial charge in [-0.2, -0.15) is 0 Å². The lowest BCUT2D eigenvalue weighted by Crippen LogP contribution is -2.12. The zero-order chi connectivity index (χ0) is 21.6. The third-order valence-corrected chi connectivity index (χ3v) is 6.22. The molecule has 0 bridgehead atoms. The van der Waals surface area contributed by atoms with Gasteiger partial charge in [0.1, 0.15) is 11.6 Å². The lowest BCUT2D eigenvalue weighted by molar-refractivity contribution is -0.116. The van der Waals surface area contributed by atoms with E-state index in [1.807, 2.05) is 0 Å². The maximum Gasteiger partial charge on any atom is 0.226 e. The standard InChI is InChI=1S/C21H16F2N4O2S2/c22-15-5-1-13(2-6-15)12-30-21-27-26-20(31-21)25-18(28)9-10-19-24-11-17(29-19)14-3-7-16(23)8-4-14/h1-8,11H,9-10,12H2,(H,25,26,28). The molecule has 4 rings (SSSR count). The quantitative estimate of drug-likeness (QED) is 0.284. The molecular formula is C21H16F2N4O2S2. The van der Waals surface area contributed by atoms with Gasteiger partial charge in [-0.25, -0.2) is 13.8 Å². The van der Waals surface area contributed by atoms with Crippen molar-refractivity contribution in [3.63, 3.8) is 0 Å². The molecule has 10 heteroatoms. The van der Waals surface area contributed by atoms with E-state index in [2.05, 4.69) is 20.5 Å². The van der Waals surface area contributed by atoms with Crippen molar-refractivity contribution in [3.8, 4) is 11.3 Å². The van der Waals surface area contributed by atoms with E-state index in [9.17, 15) is 13.6 Å². The number of carbonyl (C=O) groups is 1. The Hall–Kier alpha value is -3.11. The van der Waals surface area contributed by atoms with E-state index < -0.39 is 0 Å². The molecule has 0 aliphatic carbocycles. The fourth-order valence-electron chi connectivity index (χ4n) is 2.62.